The second-order valence-corrected chi connectivity index (χ2v) is 3.70. The summed E-state index contributed by atoms with van der Waals surface area (Å²) < 4.78 is 17.2. The molecule has 1 rings (SSSR count). The monoisotopic (exact) mass is 224 g/mol. The molecule has 3 heteroatoms. The Hall–Kier alpha value is -1.22. The van der Waals surface area contributed by atoms with Gasteiger partial charge in [0.05, 0.1) is 0 Å². The van der Waals surface area contributed by atoms with Crippen LogP contribution in [0, 0.1) is 0 Å². The Morgan fingerprint density at radius 1 is 1.25 bits per heavy atom. The number of carbonyl (C=O) groups is 1. The minimum atomic E-state index is -0.484. The van der Waals surface area contributed by atoms with Crippen molar-refractivity contribution in [3.05, 3.63) is 35.4 Å². The van der Waals surface area contributed by atoms with E-state index < -0.39 is 6.67 Å². The molecule has 0 unspecified atom stereocenters. The summed E-state index contributed by atoms with van der Waals surface area (Å²) in [7, 11) is 1.65. The first-order valence-corrected chi connectivity index (χ1v) is 5.45. The van der Waals surface area contributed by atoms with Gasteiger partial charge in [0.15, 0.2) is 5.78 Å². The maximum absolute atomic E-state index is 12.2. The maximum atomic E-state index is 12.2. The largest absolute Gasteiger partial charge is 0.385 e. The summed E-state index contributed by atoms with van der Waals surface area (Å²) in [4.78, 5) is 11.7. The lowest BCUT2D eigenvalue weighted by Crippen LogP contribution is -2.00. The third-order valence-corrected chi connectivity index (χ3v) is 2.43. The molecule has 0 aliphatic rings. The number of alkyl halides is 1. The van der Waals surface area contributed by atoms with Gasteiger partial charge in [0.1, 0.15) is 6.67 Å². The van der Waals surface area contributed by atoms with E-state index in [4.69, 9.17) is 4.74 Å². The number of hydrogen-bond acceptors (Lipinski definition) is 2. The fourth-order valence-electron chi connectivity index (χ4n) is 1.46. The molecule has 16 heavy (non-hydrogen) atoms. The smallest absolute Gasteiger partial charge is 0.162 e. The van der Waals surface area contributed by atoms with Crippen LogP contribution in [0.2, 0.25) is 0 Å². The zero-order valence-electron chi connectivity index (χ0n) is 9.54. The number of hydrogen-bond donors (Lipinski definition) is 0. The number of benzene rings is 1. The van der Waals surface area contributed by atoms with Crippen molar-refractivity contribution in [1.29, 1.82) is 0 Å². The van der Waals surface area contributed by atoms with Crippen LogP contribution in [0.1, 0.15) is 35.2 Å². The Bertz CT molecular complexity index is 319. The fraction of sp³-hybridized carbons (Fsp3) is 0.462. The lowest BCUT2D eigenvalue weighted by Gasteiger charge is -2.02. The molecule has 0 aromatic heterocycles. The molecule has 0 radical (unpaired) electrons. The molecule has 0 saturated heterocycles. The van der Waals surface area contributed by atoms with Crippen molar-refractivity contribution in [2.45, 2.75) is 25.9 Å². The Kier molecular flexibility index (Phi) is 5.72. The number of Topliss-reactive ketones (excluding diaryl/α,β-unsaturated/α-hetero) is 1. The number of rotatable bonds is 7. The summed E-state index contributed by atoms with van der Waals surface area (Å²) in [6.07, 6.45) is 2.25. The van der Waals surface area contributed by atoms with E-state index in [-0.39, 0.29) is 5.78 Å². The molecule has 1 aromatic carbocycles. The van der Waals surface area contributed by atoms with Gasteiger partial charge in [-0.1, -0.05) is 24.3 Å². The Morgan fingerprint density at radius 2 is 1.94 bits per heavy atom. The number of halogens is 1. The third-order valence-electron chi connectivity index (χ3n) is 2.43. The summed E-state index contributed by atoms with van der Waals surface area (Å²) >= 11 is 0. The Morgan fingerprint density at radius 3 is 2.50 bits per heavy atom. The molecule has 1 aromatic rings. The van der Waals surface area contributed by atoms with E-state index in [9.17, 15) is 9.18 Å². The van der Waals surface area contributed by atoms with Crippen molar-refractivity contribution in [2.75, 3.05) is 13.7 Å². The van der Waals surface area contributed by atoms with Crippen LogP contribution in [0.15, 0.2) is 24.3 Å². The van der Waals surface area contributed by atoms with E-state index in [2.05, 4.69) is 0 Å². The topological polar surface area (TPSA) is 26.3 Å². The number of carbonyl (C=O) groups excluding carboxylic acids is 1. The minimum Gasteiger partial charge on any atom is -0.385 e. The number of ether oxygens (including phenoxy) is 1. The van der Waals surface area contributed by atoms with Crippen molar-refractivity contribution >= 4 is 5.78 Å². The Balaban J connectivity index is 2.40. The zero-order valence-corrected chi connectivity index (χ0v) is 9.54. The number of unbranched alkanes of at least 4 members (excludes halogenated alkanes) is 1. The van der Waals surface area contributed by atoms with Crippen LogP contribution in [0.4, 0.5) is 4.39 Å². The highest BCUT2D eigenvalue weighted by atomic mass is 19.1. The van der Waals surface area contributed by atoms with Crippen molar-refractivity contribution in [3.63, 3.8) is 0 Å². The molecule has 2 nitrogen and oxygen atoms in total. The quantitative estimate of drug-likeness (QED) is 0.525. The highest BCUT2D eigenvalue weighted by Crippen LogP contribution is 2.10. The van der Waals surface area contributed by atoms with Crippen LogP contribution in [-0.2, 0) is 11.4 Å². The minimum absolute atomic E-state index is 0.113. The summed E-state index contributed by atoms with van der Waals surface area (Å²) in [6.45, 7) is 0.205. The normalized spacial score (nSPS) is 10.4. The van der Waals surface area contributed by atoms with E-state index in [0.717, 1.165) is 12.8 Å². The van der Waals surface area contributed by atoms with E-state index >= 15 is 0 Å². The van der Waals surface area contributed by atoms with Crippen molar-refractivity contribution in [3.8, 4) is 0 Å². The van der Waals surface area contributed by atoms with Gasteiger partial charge in [0, 0.05) is 25.7 Å². The second-order valence-electron chi connectivity index (χ2n) is 3.70. The van der Waals surface area contributed by atoms with Gasteiger partial charge < -0.3 is 4.74 Å². The predicted octanol–water partition coefficient (Wildman–Crippen LogP) is 3.16. The van der Waals surface area contributed by atoms with Gasteiger partial charge in [0.2, 0.25) is 0 Å². The van der Waals surface area contributed by atoms with E-state index in [1.807, 2.05) is 0 Å². The van der Waals surface area contributed by atoms with Crippen molar-refractivity contribution in [2.24, 2.45) is 0 Å². The van der Waals surface area contributed by atoms with Gasteiger partial charge in [-0.25, -0.2) is 4.39 Å². The molecule has 0 spiro atoms. The van der Waals surface area contributed by atoms with E-state index in [0.29, 0.717) is 24.2 Å². The molecular weight excluding hydrogens is 207 g/mol. The first kappa shape index (κ1) is 12.8. The molecule has 0 saturated carbocycles. The molecule has 0 atom stereocenters. The summed E-state index contributed by atoms with van der Waals surface area (Å²) in [5.41, 5.74) is 1.27. The van der Waals surface area contributed by atoms with E-state index in [1.54, 1.807) is 31.4 Å². The van der Waals surface area contributed by atoms with Gasteiger partial charge in [-0.05, 0) is 18.4 Å². The standard InChI is InChI=1S/C13H17FO2/c1-16-9-3-2-4-13(15)12-7-5-11(10-14)6-8-12/h5-8H,2-4,9-10H2,1H3. The molecule has 0 N–H and O–H groups in total. The molecule has 0 aliphatic heterocycles. The van der Waals surface area contributed by atoms with Crippen molar-refractivity contribution in [1.82, 2.24) is 0 Å². The highest BCUT2D eigenvalue weighted by molar-refractivity contribution is 5.96. The van der Waals surface area contributed by atoms with Crippen LogP contribution in [0.3, 0.4) is 0 Å². The third kappa shape index (κ3) is 4.11. The summed E-state index contributed by atoms with van der Waals surface area (Å²) in [5, 5.41) is 0. The van der Waals surface area contributed by atoms with Gasteiger partial charge >= 0.3 is 0 Å². The van der Waals surface area contributed by atoms with E-state index in [1.165, 1.54) is 0 Å². The number of methoxy groups -OCH3 is 1. The van der Waals surface area contributed by atoms with Crippen LogP contribution in [0.25, 0.3) is 0 Å². The molecule has 0 bridgehead atoms. The molecule has 0 fully saturated rings. The SMILES string of the molecule is COCCCCC(=O)c1ccc(CF)cc1. The zero-order chi connectivity index (χ0) is 11.8. The average Bonchev–Trinajstić information content (AvgIpc) is 2.34. The number of ketones is 1. The molecular formula is C13H17FO2. The summed E-state index contributed by atoms with van der Waals surface area (Å²) in [5.74, 6) is 0.113. The molecule has 0 amide bonds. The molecule has 0 aliphatic carbocycles. The van der Waals surface area contributed by atoms with Crippen LogP contribution >= 0.6 is 0 Å². The van der Waals surface area contributed by atoms with Gasteiger partial charge in [-0.2, -0.15) is 0 Å². The van der Waals surface area contributed by atoms with Crippen LogP contribution in [0.5, 0.6) is 0 Å². The lowest BCUT2D eigenvalue weighted by molar-refractivity contribution is 0.0975. The molecule has 0 heterocycles. The predicted molar refractivity (Wildman–Crippen MR) is 61.3 cm³/mol. The molecule has 88 valence electrons. The fourth-order valence-corrected chi connectivity index (χ4v) is 1.46. The van der Waals surface area contributed by atoms with Gasteiger partial charge in [0.25, 0.3) is 0 Å². The highest BCUT2D eigenvalue weighted by Gasteiger charge is 2.05. The lowest BCUT2D eigenvalue weighted by atomic mass is 10.0. The second kappa shape index (κ2) is 7.12. The maximum Gasteiger partial charge on any atom is 0.162 e. The Labute approximate surface area is 95.4 Å². The van der Waals surface area contributed by atoms with Gasteiger partial charge in [-0.15, -0.1) is 0 Å². The van der Waals surface area contributed by atoms with Crippen molar-refractivity contribution < 1.29 is 13.9 Å². The summed E-state index contributed by atoms with van der Waals surface area (Å²) in [6, 6.07) is 6.69. The van der Waals surface area contributed by atoms with Gasteiger partial charge in [-0.3, -0.25) is 4.79 Å². The van der Waals surface area contributed by atoms with Crippen LogP contribution in [-0.4, -0.2) is 19.5 Å². The first-order valence-electron chi connectivity index (χ1n) is 5.45. The van der Waals surface area contributed by atoms with Crippen LogP contribution < -0.4 is 0 Å². The first-order chi connectivity index (χ1) is 7.77. The average molecular weight is 224 g/mol.